The summed E-state index contributed by atoms with van der Waals surface area (Å²) in [6, 6.07) is 0. The number of aromatic amines is 1. The molecule has 0 saturated heterocycles. The number of nitrogens with one attached hydrogen (secondary N) is 2. The highest BCUT2D eigenvalue weighted by molar-refractivity contribution is 5.88. The van der Waals surface area contributed by atoms with E-state index >= 15 is 0 Å². The number of anilines is 2. The van der Waals surface area contributed by atoms with Gasteiger partial charge in [-0.25, -0.2) is 0 Å². The predicted molar refractivity (Wildman–Crippen MR) is 54.2 cm³/mol. The van der Waals surface area contributed by atoms with E-state index in [9.17, 15) is 9.59 Å². The van der Waals surface area contributed by atoms with Crippen molar-refractivity contribution in [1.82, 2.24) is 15.4 Å². The Kier molecular flexibility index (Phi) is 1.88. The lowest BCUT2D eigenvalue weighted by Crippen LogP contribution is -2.48. The molecular formula is C8H11N5O2. The zero-order valence-electron chi connectivity index (χ0n) is 8.37. The van der Waals surface area contributed by atoms with Crippen LogP contribution in [0.1, 0.15) is 18.4 Å². The second-order valence-corrected chi connectivity index (χ2v) is 3.45. The Bertz CT molecular complexity index is 480. The molecule has 0 radical (unpaired) electrons. The van der Waals surface area contributed by atoms with Crippen LogP contribution in [0.15, 0.2) is 4.79 Å². The van der Waals surface area contributed by atoms with Crippen LogP contribution in [0.2, 0.25) is 0 Å². The minimum Gasteiger partial charge on any atom is -0.369 e. The van der Waals surface area contributed by atoms with Crippen molar-refractivity contribution < 1.29 is 4.79 Å². The van der Waals surface area contributed by atoms with Gasteiger partial charge in [0.05, 0.1) is 11.5 Å². The SMILES string of the molecule is CC1C(=O)NN(C)c2nc(N)[nH]c(=O)c21. The molecule has 0 bridgehead atoms. The maximum absolute atomic E-state index is 11.6. The van der Waals surface area contributed by atoms with Crippen molar-refractivity contribution in [3.05, 3.63) is 15.9 Å². The maximum atomic E-state index is 11.6. The second kappa shape index (κ2) is 2.97. The molecule has 0 fully saturated rings. The van der Waals surface area contributed by atoms with Crippen molar-refractivity contribution in [2.45, 2.75) is 12.8 Å². The van der Waals surface area contributed by atoms with Gasteiger partial charge in [0.1, 0.15) is 0 Å². The Morgan fingerprint density at radius 2 is 2.13 bits per heavy atom. The molecule has 2 rings (SSSR count). The number of fused-ring (bicyclic) bond motifs is 1. The van der Waals surface area contributed by atoms with Crippen molar-refractivity contribution in [2.75, 3.05) is 17.8 Å². The van der Waals surface area contributed by atoms with Gasteiger partial charge in [0.25, 0.3) is 5.56 Å². The van der Waals surface area contributed by atoms with Crippen LogP contribution in [0, 0.1) is 0 Å². The smallest absolute Gasteiger partial charge is 0.258 e. The van der Waals surface area contributed by atoms with Gasteiger partial charge in [-0.05, 0) is 6.92 Å². The topological polar surface area (TPSA) is 104 Å². The zero-order valence-corrected chi connectivity index (χ0v) is 8.37. The van der Waals surface area contributed by atoms with E-state index in [0.29, 0.717) is 11.4 Å². The Hall–Kier alpha value is -2.05. The fourth-order valence-corrected chi connectivity index (χ4v) is 1.58. The monoisotopic (exact) mass is 209 g/mol. The fourth-order valence-electron chi connectivity index (χ4n) is 1.58. The lowest BCUT2D eigenvalue weighted by atomic mass is 10.0. The van der Waals surface area contributed by atoms with Gasteiger partial charge >= 0.3 is 0 Å². The first-order chi connectivity index (χ1) is 7.00. The number of carbonyl (C=O) groups is 1. The third-order valence-electron chi connectivity index (χ3n) is 2.38. The maximum Gasteiger partial charge on any atom is 0.258 e. The molecule has 1 aromatic rings. The number of carbonyl (C=O) groups excluding carboxylic acids is 1. The van der Waals surface area contributed by atoms with Crippen molar-refractivity contribution in [2.24, 2.45) is 0 Å². The number of amides is 1. The number of hydrazine groups is 1. The van der Waals surface area contributed by atoms with E-state index in [-0.39, 0.29) is 17.4 Å². The molecule has 15 heavy (non-hydrogen) atoms. The number of nitrogen functional groups attached to an aromatic ring is 1. The molecule has 1 unspecified atom stereocenters. The van der Waals surface area contributed by atoms with Gasteiger partial charge in [-0.15, -0.1) is 0 Å². The predicted octanol–water partition coefficient (Wildman–Crippen LogP) is -1.06. The molecule has 7 heteroatoms. The summed E-state index contributed by atoms with van der Waals surface area (Å²) in [7, 11) is 1.61. The molecule has 80 valence electrons. The molecule has 2 heterocycles. The van der Waals surface area contributed by atoms with Gasteiger partial charge in [0.2, 0.25) is 11.9 Å². The molecule has 7 nitrogen and oxygen atoms in total. The Morgan fingerprint density at radius 3 is 2.80 bits per heavy atom. The standard InChI is InChI=1S/C8H11N5O2/c1-3-4-5(13(2)12-6(3)14)10-8(9)11-7(4)15/h3H,1-2H3,(H,12,14)(H3,9,10,11,15). The summed E-state index contributed by atoms with van der Waals surface area (Å²) in [5.41, 5.74) is 7.96. The molecule has 0 saturated carbocycles. The van der Waals surface area contributed by atoms with Gasteiger partial charge in [-0.1, -0.05) is 0 Å². The van der Waals surface area contributed by atoms with Crippen molar-refractivity contribution in [3.8, 4) is 0 Å². The first-order valence-electron chi connectivity index (χ1n) is 4.44. The number of nitrogens with zero attached hydrogens (tertiary/aromatic N) is 2. The summed E-state index contributed by atoms with van der Waals surface area (Å²) < 4.78 is 0. The first-order valence-corrected chi connectivity index (χ1v) is 4.44. The molecule has 0 spiro atoms. The summed E-state index contributed by atoms with van der Waals surface area (Å²) in [5.74, 6) is -0.326. The molecule has 0 aliphatic carbocycles. The van der Waals surface area contributed by atoms with Crippen molar-refractivity contribution in [3.63, 3.8) is 0 Å². The normalized spacial score (nSPS) is 19.7. The van der Waals surface area contributed by atoms with Crippen LogP contribution in [0.3, 0.4) is 0 Å². The molecule has 4 N–H and O–H groups in total. The lowest BCUT2D eigenvalue weighted by molar-refractivity contribution is -0.122. The first kappa shape index (κ1) is 9.50. The number of nitrogens with two attached hydrogens (primary N) is 1. The number of H-pyrrole nitrogens is 1. The average Bonchev–Trinajstić information content (AvgIpc) is 2.13. The van der Waals surface area contributed by atoms with E-state index in [2.05, 4.69) is 15.4 Å². The van der Waals surface area contributed by atoms with Crippen LogP contribution in [0.4, 0.5) is 11.8 Å². The third kappa shape index (κ3) is 1.32. The summed E-state index contributed by atoms with van der Waals surface area (Å²) >= 11 is 0. The minimum absolute atomic E-state index is 0.0361. The quantitative estimate of drug-likeness (QED) is 0.505. The summed E-state index contributed by atoms with van der Waals surface area (Å²) in [6.07, 6.45) is 0. The molecule has 1 atom stereocenters. The van der Waals surface area contributed by atoms with E-state index in [1.54, 1.807) is 14.0 Å². The van der Waals surface area contributed by atoms with Gasteiger partial charge in [-0.2, -0.15) is 4.98 Å². The molecule has 0 aromatic carbocycles. The average molecular weight is 209 g/mol. The highest BCUT2D eigenvalue weighted by Gasteiger charge is 2.30. The van der Waals surface area contributed by atoms with Crippen molar-refractivity contribution in [1.29, 1.82) is 0 Å². The minimum atomic E-state index is -0.520. The largest absolute Gasteiger partial charge is 0.369 e. The van der Waals surface area contributed by atoms with Crippen LogP contribution >= 0.6 is 0 Å². The van der Waals surface area contributed by atoms with Crippen LogP contribution in [-0.4, -0.2) is 22.9 Å². The molecule has 1 aliphatic rings. The number of rotatable bonds is 0. The van der Waals surface area contributed by atoms with Gasteiger partial charge in [0, 0.05) is 7.05 Å². The summed E-state index contributed by atoms with van der Waals surface area (Å²) in [4.78, 5) is 29.4. The van der Waals surface area contributed by atoms with Crippen LogP contribution in [-0.2, 0) is 4.79 Å². The summed E-state index contributed by atoms with van der Waals surface area (Å²) in [6.45, 7) is 1.65. The fraction of sp³-hybridized carbons (Fsp3) is 0.375. The highest BCUT2D eigenvalue weighted by atomic mass is 16.2. The van der Waals surface area contributed by atoms with Gasteiger partial charge in [0.15, 0.2) is 5.82 Å². The van der Waals surface area contributed by atoms with E-state index in [1.807, 2.05) is 0 Å². The molecule has 1 aromatic heterocycles. The zero-order chi connectivity index (χ0) is 11.2. The third-order valence-corrected chi connectivity index (χ3v) is 2.38. The second-order valence-electron chi connectivity index (χ2n) is 3.45. The highest BCUT2D eigenvalue weighted by Crippen LogP contribution is 2.25. The molecule has 1 aliphatic heterocycles. The van der Waals surface area contributed by atoms with Gasteiger partial charge < -0.3 is 5.73 Å². The lowest BCUT2D eigenvalue weighted by Gasteiger charge is -2.29. The van der Waals surface area contributed by atoms with Gasteiger partial charge in [-0.3, -0.25) is 25.0 Å². The van der Waals surface area contributed by atoms with E-state index < -0.39 is 5.92 Å². The van der Waals surface area contributed by atoms with E-state index in [1.165, 1.54) is 5.01 Å². The summed E-state index contributed by atoms with van der Waals surface area (Å²) in [5, 5.41) is 1.39. The van der Waals surface area contributed by atoms with Crippen molar-refractivity contribution >= 4 is 17.7 Å². The number of hydrogen-bond acceptors (Lipinski definition) is 5. The number of aromatic nitrogens is 2. The van der Waals surface area contributed by atoms with Crippen LogP contribution in [0.25, 0.3) is 0 Å². The Morgan fingerprint density at radius 1 is 1.47 bits per heavy atom. The van der Waals surface area contributed by atoms with E-state index in [4.69, 9.17) is 5.73 Å². The molecule has 1 amide bonds. The molecular weight excluding hydrogens is 198 g/mol. The van der Waals surface area contributed by atoms with Crippen LogP contribution in [0.5, 0.6) is 0 Å². The van der Waals surface area contributed by atoms with Crippen LogP contribution < -0.4 is 21.7 Å². The number of hydrogen-bond donors (Lipinski definition) is 3. The Balaban J connectivity index is 2.71. The Labute approximate surface area is 85.3 Å². The van der Waals surface area contributed by atoms with E-state index in [0.717, 1.165) is 0 Å².